The largest absolute Gasteiger partial charge is 0.370 e. The van der Waals surface area contributed by atoms with Crippen LogP contribution >= 0.6 is 0 Å². The summed E-state index contributed by atoms with van der Waals surface area (Å²) in [7, 11) is 1.75. The SMILES string of the molecule is CNC(=C[N+](=O)[O-])N1C2CCC(CC2)C1c1cccnc1. The Hall–Kier alpha value is -2.11. The highest BCUT2D eigenvalue weighted by atomic mass is 16.6. The van der Waals surface area contributed by atoms with Crippen LogP contribution in [0.4, 0.5) is 0 Å². The molecule has 3 fully saturated rings. The number of hydrogen-bond acceptors (Lipinski definition) is 5. The standard InChI is InChI=1S/C15H20N4O2/c1-16-14(10-18(20)21)19-13-6-4-11(5-7-13)15(19)12-3-2-8-17-9-12/h2-3,8-11,13,15-16H,4-7H2,1H3. The van der Waals surface area contributed by atoms with Crippen molar-refractivity contribution in [3.8, 4) is 0 Å². The first-order chi connectivity index (χ1) is 10.2. The Morgan fingerprint density at radius 1 is 1.48 bits per heavy atom. The fourth-order valence-corrected chi connectivity index (χ4v) is 3.84. The number of fused-ring (bicyclic) bond motifs is 3. The Morgan fingerprint density at radius 2 is 2.24 bits per heavy atom. The highest BCUT2D eigenvalue weighted by Gasteiger charge is 2.43. The zero-order valence-corrected chi connectivity index (χ0v) is 12.1. The number of nitro groups is 1. The molecular formula is C15H20N4O2. The molecule has 1 unspecified atom stereocenters. The number of aromatic nitrogens is 1. The van der Waals surface area contributed by atoms with Gasteiger partial charge >= 0.3 is 0 Å². The van der Waals surface area contributed by atoms with Gasteiger partial charge < -0.3 is 10.2 Å². The number of hydrogen-bond donors (Lipinski definition) is 1. The Balaban J connectivity index is 2.00. The lowest BCUT2D eigenvalue weighted by Gasteiger charge is -2.52. The van der Waals surface area contributed by atoms with Crippen LogP contribution in [0.3, 0.4) is 0 Å². The van der Waals surface area contributed by atoms with Gasteiger partial charge in [0.25, 0.3) is 6.20 Å². The van der Waals surface area contributed by atoms with Gasteiger partial charge in [0.15, 0.2) is 5.82 Å². The predicted molar refractivity (Wildman–Crippen MR) is 78.7 cm³/mol. The highest BCUT2D eigenvalue weighted by molar-refractivity contribution is 5.21. The van der Waals surface area contributed by atoms with Crippen LogP contribution in [0.5, 0.6) is 0 Å². The van der Waals surface area contributed by atoms with E-state index in [9.17, 15) is 10.1 Å². The first kappa shape index (κ1) is 13.9. The molecule has 1 aromatic rings. The minimum atomic E-state index is -0.381. The molecule has 112 valence electrons. The summed E-state index contributed by atoms with van der Waals surface area (Å²) < 4.78 is 0. The van der Waals surface area contributed by atoms with Crippen molar-refractivity contribution in [1.29, 1.82) is 0 Å². The summed E-state index contributed by atoms with van der Waals surface area (Å²) in [5.74, 6) is 1.14. The van der Waals surface area contributed by atoms with Crippen molar-refractivity contribution in [2.45, 2.75) is 37.8 Å². The lowest BCUT2D eigenvalue weighted by Crippen LogP contribution is -2.51. The molecule has 2 aliphatic heterocycles. The third kappa shape index (κ3) is 2.57. The summed E-state index contributed by atoms with van der Waals surface area (Å²) in [6, 6.07) is 4.57. The Labute approximate surface area is 124 Å². The average molecular weight is 288 g/mol. The van der Waals surface area contributed by atoms with E-state index in [4.69, 9.17) is 0 Å². The summed E-state index contributed by atoms with van der Waals surface area (Å²) in [5.41, 5.74) is 1.15. The first-order valence-corrected chi connectivity index (χ1v) is 7.42. The molecule has 0 amide bonds. The van der Waals surface area contributed by atoms with Gasteiger partial charge in [-0.05, 0) is 43.2 Å². The fraction of sp³-hybridized carbons (Fsp3) is 0.533. The smallest absolute Gasteiger partial charge is 0.274 e. The van der Waals surface area contributed by atoms with Gasteiger partial charge in [0.1, 0.15) is 0 Å². The molecule has 4 rings (SSSR count). The molecule has 0 spiro atoms. The van der Waals surface area contributed by atoms with Gasteiger partial charge in [-0.2, -0.15) is 0 Å². The van der Waals surface area contributed by atoms with E-state index in [0.29, 0.717) is 17.8 Å². The van der Waals surface area contributed by atoms with E-state index in [0.717, 1.165) is 24.6 Å². The molecule has 1 atom stereocenters. The second-order valence-electron chi connectivity index (χ2n) is 5.76. The molecular weight excluding hydrogens is 268 g/mol. The maximum atomic E-state index is 10.9. The van der Waals surface area contributed by atoms with E-state index in [2.05, 4.69) is 21.3 Å². The summed E-state index contributed by atoms with van der Waals surface area (Å²) in [4.78, 5) is 17.0. The minimum Gasteiger partial charge on any atom is -0.370 e. The van der Waals surface area contributed by atoms with Gasteiger partial charge in [-0.1, -0.05) is 6.07 Å². The van der Waals surface area contributed by atoms with E-state index >= 15 is 0 Å². The van der Waals surface area contributed by atoms with Crippen LogP contribution < -0.4 is 5.32 Å². The summed E-state index contributed by atoms with van der Waals surface area (Å²) >= 11 is 0. The summed E-state index contributed by atoms with van der Waals surface area (Å²) in [6.45, 7) is 0. The average Bonchev–Trinajstić information content (AvgIpc) is 2.53. The van der Waals surface area contributed by atoms with Crippen molar-refractivity contribution >= 4 is 0 Å². The predicted octanol–water partition coefficient (Wildman–Crippen LogP) is 2.29. The topological polar surface area (TPSA) is 71.3 Å². The van der Waals surface area contributed by atoms with Crippen LogP contribution in [0, 0.1) is 16.0 Å². The van der Waals surface area contributed by atoms with Gasteiger partial charge in [0, 0.05) is 25.5 Å². The Bertz CT molecular complexity index is 538. The van der Waals surface area contributed by atoms with Crippen molar-refractivity contribution in [3.63, 3.8) is 0 Å². The van der Waals surface area contributed by atoms with Crippen LogP contribution in [-0.4, -0.2) is 27.9 Å². The van der Waals surface area contributed by atoms with Crippen LogP contribution in [0.25, 0.3) is 0 Å². The zero-order valence-electron chi connectivity index (χ0n) is 12.1. The maximum Gasteiger partial charge on any atom is 0.274 e. The minimum absolute atomic E-state index is 0.185. The van der Waals surface area contributed by atoms with Crippen molar-refractivity contribution in [1.82, 2.24) is 15.2 Å². The Morgan fingerprint density at radius 3 is 2.81 bits per heavy atom. The van der Waals surface area contributed by atoms with Crippen molar-refractivity contribution < 1.29 is 4.92 Å². The van der Waals surface area contributed by atoms with E-state index in [1.807, 2.05) is 12.3 Å². The number of pyridine rings is 1. The second-order valence-corrected chi connectivity index (χ2v) is 5.76. The van der Waals surface area contributed by atoms with Crippen molar-refractivity contribution in [2.24, 2.45) is 5.92 Å². The van der Waals surface area contributed by atoms with E-state index < -0.39 is 0 Å². The molecule has 1 aliphatic carbocycles. The molecule has 21 heavy (non-hydrogen) atoms. The second kappa shape index (κ2) is 5.71. The quantitative estimate of drug-likeness (QED) is 0.680. The van der Waals surface area contributed by atoms with Crippen LogP contribution in [0.1, 0.15) is 37.3 Å². The molecule has 1 N–H and O–H groups in total. The van der Waals surface area contributed by atoms with E-state index in [-0.39, 0.29) is 11.0 Å². The molecule has 0 aromatic carbocycles. The monoisotopic (exact) mass is 288 g/mol. The molecule has 1 aromatic heterocycles. The van der Waals surface area contributed by atoms with Crippen LogP contribution in [0.2, 0.25) is 0 Å². The van der Waals surface area contributed by atoms with Crippen molar-refractivity contribution in [3.05, 3.63) is 52.2 Å². The lowest BCUT2D eigenvalue weighted by atomic mass is 9.72. The van der Waals surface area contributed by atoms with Crippen LogP contribution in [0.15, 0.2) is 36.5 Å². The van der Waals surface area contributed by atoms with Gasteiger partial charge in [0.2, 0.25) is 0 Å². The van der Waals surface area contributed by atoms with Gasteiger partial charge in [-0.15, -0.1) is 0 Å². The van der Waals surface area contributed by atoms with Crippen LogP contribution in [-0.2, 0) is 0 Å². The Kier molecular flexibility index (Phi) is 3.77. The van der Waals surface area contributed by atoms with E-state index in [1.165, 1.54) is 12.8 Å². The molecule has 3 heterocycles. The number of nitrogens with one attached hydrogen (secondary N) is 1. The molecule has 2 bridgehead atoms. The molecule has 6 heteroatoms. The van der Waals surface area contributed by atoms with Gasteiger partial charge in [-0.3, -0.25) is 15.1 Å². The molecule has 6 nitrogen and oxygen atoms in total. The molecule has 3 aliphatic rings. The van der Waals surface area contributed by atoms with Crippen molar-refractivity contribution in [2.75, 3.05) is 7.05 Å². The summed E-state index contributed by atoms with van der Waals surface area (Å²) in [5, 5.41) is 13.9. The molecule has 0 radical (unpaired) electrons. The molecule has 1 saturated carbocycles. The number of nitrogens with zero attached hydrogens (tertiary/aromatic N) is 3. The normalized spacial score (nSPS) is 28.5. The zero-order chi connectivity index (χ0) is 14.8. The van der Waals surface area contributed by atoms with E-state index in [1.54, 1.807) is 13.2 Å². The maximum absolute atomic E-state index is 10.9. The third-order valence-electron chi connectivity index (χ3n) is 4.67. The number of rotatable bonds is 4. The van der Waals surface area contributed by atoms with Gasteiger partial charge in [-0.25, -0.2) is 0 Å². The highest BCUT2D eigenvalue weighted by Crippen LogP contribution is 2.48. The fourth-order valence-electron chi connectivity index (χ4n) is 3.84. The lowest BCUT2D eigenvalue weighted by molar-refractivity contribution is -0.405. The third-order valence-corrected chi connectivity index (χ3v) is 4.67. The summed E-state index contributed by atoms with van der Waals surface area (Å²) in [6.07, 6.45) is 9.34. The first-order valence-electron chi connectivity index (χ1n) is 7.42. The number of piperidine rings is 2. The molecule has 2 saturated heterocycles. The van der Waals surface area contributed by atoms with Gasteiger partial charge in [0.05, 0.1) is 11.0 Å².